The van der Waals surface area contributed by atoms with Crippen LogP contribution >= 0.6 is 11.8 Å². The molecule has 0 unspecified atom stereocenters. The van der Waals surface area contributed by atoms with Crippen molar-refractivity contribution in [3.05, 3.63) is 71.7 Å². The number of carbonyl (C=O) groups excluding carboxylic acids is 2. The Morgan fingerprint density at radius 1 is 1.07 bits per heavy atom. The lowest BCUT2D eigenvalue weighted by atomic mass is 10.2. The summed E-state index contributed by atoms with van der Waals surface area (Å²) in [6.07, 6.45) is 3.37. The monoisotopic (exact) mass is 381 g/mol. The maximum Gasteiger partial charge on any atom is 0.298 e. The molecule has 0 N–H and O–H groups in total. The fraction of sp³-hybridized carbons (Fsp3) is 0.143. The topological polar surface area (TPSA) is 55.8 Å². The van der Waals surface area contributed by atoms with Crippen LogP contribution in [0.4, 0.5) is 10.5 Å². The highest BCUT2D eigenvalue weighted by Crippen LogP contribution is 2.39. The number of rotatable bonds is 7. The van der Waals surface area contributed by atoms with Crippen molar-refractivity contribution in [3.8, 4) is 11.5 Å². The van der Waals surface area contributed by atoms with E-state index in [2.05, 4.69) is 6.58 Å². The molecule has 2 aromatic carbocycles. The zero-order chi connectivity index (χ0) is 19.2. The minimum absolute atomic E-state index is 0.343. The van der Waals surface area contributed by atoms with Crippen molar-refractivity contribution in [2.45, 2.75) is 6.92 Å². The lowest BCUT2D eigenvalue weighted by molar-refractivity contribution is -0.113. The van der Waals surface area contributed by atoms with E-state index in [4.69, 9.17) is 9.47 Å². The first-order valence-electron chi connectivity index (χ1n) is 8.47. The Morgan fingerprint density at radius 2 is 1.81 bits per heavy atom. The van der Waals surface area contributed by atoms with Gasteiger partial charge in [0.25, 0.3) is 11.1 Å². The number of amides is 2. The number of anilines is 1. The van der Waals surface area contributed by atoms with Gasteiger partial charge >= 0.3 is 0 Å². The molecule has 0 saturated carbocycles. The van der Waals surface area contributed by atoms with Crippen LogP contribution in [0.25, 0.3) is 6.08 Å². The molecule has 0 aromatic heterocycles. The Balaban J connectivity index is 1.84. The number of thioether (sulfide) groups is 1. The van der Waals surface area contributed by atoms with Crippen LogP contribution in [-0.4, -0.2) is 24.4 Å². The molecule has 0 bridgehead atoms. The van der Waals surface area contributed by atoms with Crippen LogP contribution in [0.15, 0.2) is 66.1 Å². The molecule has 1 fully saturated rings. The Labute approximate surface area is 162 Å². The van der Waals surface area contributed by atoms with Crippen LogP contribution in [-0.2, 0) is 4.79 Å². The average molecular weight is 381 g/mol. The zero-order valence-electron chi connectivity index (χ0n) is 14.9. The van der Waals surface area contributed by atoms with Gasteiger partial charge < -0.3 is 9.47 Å². The standard InChI is InChI=1S/C21H19NO4S/c1-3-13-26-16-11-9-15(10-12-16)14-19-20(23)22(21(24)27-19)17-7-5-6-8-18(17)25-4-2/h3,5-12,14H,1,4,13H2,2H3/b19-14-. The Bertz CT molecular complexity index is 889. The third kappa shape index (κ3) is 4.23. The second-order valence-electron chi connectivity index (χ2n) is 5.59. The van der Waals surface area contributed by atoms with E-state index < -0.39 is 0 Å². The summed E-state index contributed by atoms with van der Waals surface area (Å²) in [6.45, 7) is 6.34. The molecule has 1 aliphatic heterocycles. The van der Waals surface area contributed by atoms with Crippen LogP contribution in [0.2, 0.25) is 0 Å². The third-order valence-electron chi connectivity index (χ3n) is 3.75. The van der Waals surface area contributed by atoms with Gasteiger partial charge in [-0.05, 0) is 54.6 Å². The van der Waals surface area contributed by atoms with Gasteiger partial charge in [0.1, 0.15) is 18.1 Å². The Morgan fingerprint density at radius 3 is 2.52 bits per heavy atom. The van der Waals surface area contributed by atoms with Crippen molar-refractivity contribution in [3.63, 3.8) is 0 Å². The predicted octanol–water partition coefficient (Wildman–Crippen LogP) is 4.89. The molecule has 1 heterocycles. The van der Waals surface area contributed by atoms with Gasteiger partial charge in [-0.15, -0.1) is 0 Å². The Hall–Kier alpha value is -2.99. The molecule has 1 saturated heterocycles. The fourth-order valence-electron chi connectivity index (χ4n) is 2.56. The van der Waals surface area contributed by atoms with Crippen LogP contribution < -0.4 is 14.4 Å². The van der Waals surface area contributed by atoms with E-state index in [1.54, 1.807) is 36.4 Å². The summed E-state index contributed by atoms with van der Waals surface area (Å²) in [5.74, 6) is 0.863. The SMILES string of the molecule is C=CCOc1ccc(/C=C2\SC(=O)N(c3ccccc3OCC)C2=O)cc1. The third-order valence-corrected chi connectivity index (χ3v) is 4.62. The number of benzene rings is 2. The van der Waals surface area contributed by atoms with Gasteiger partial charge in [-0.3, -0.25) is 9.59 Å². The molecular formula is C21H19NO4S. The zero-order valence-corrected chi connectivity index (χ0v) is 15.7. The Kier molecular flexibility index (Phi) is 5.98. The molecule has 2 aromatic rings. The van der Waals surface area contributed by atoms with E-state index in [9.17, 15) is 9.59 Å². The van der Waals surface area contributed by atoms with Gasteiger partial charge in [-0.2, -0.15) is 0 Å². The molecule has 1 aliphatic rings. The molecule has 6 heteroatoms. The maximum absolute atomic E-state index is 12.8. The molecule has 138 valence electrons. The second-order valence-corrected chi connectivity index (χ2v) is 6.58. The van der Waals surface area contributed by atoms with E-state index in [1.165, 1.54) is 0 Å². The van der Waals surface area contributed by atoms with Crippen LogP contribution in [0.3, 0.4) is 0 Å². The highest BCUT2D eigenvalue weighted by Gasteiger charge is 2.37. The van der Waals surface area contributed by atoms with Gasteiger partial charge in [-0.1, -0.05) is 36.9 Å². The molecule has 5 nitrogen and oxygen atoms in total. The minimum atomic E-state index is -0.357. The van der Waals surface area contributed by atoms with Crippen molar-refractivity contribution in [2.24, 2.45) is 0 Å². The van der Waals surface area contributed by atoms with E-state index >= 15 is 0 Å². The van der Waals surface area contributed by atoms with Gasteiger partial charge in [0, 0.05) is 0 Å². The summed E-state index contributed by atoms with van der Waals surface area (Å²) in [5.41, 5.74) is 1.27. The number of hydrogen-bond acceptors (Lipinski definition) is 5. The number of nitrogens with zero attached hydrogens (tertiary/aromatic N) is 1. The van der Waals surface area contributed by atoms with Crippen molar-refractivity contribution in [1.29, 1.82) is 0 Å². The molecule has 2 amide bonds. The van der Waals surface area contributed by atoms with E-state index in [-0.39, 0.29) is 11.1 Å². The molecule has 0 atom stereocenters. The van der Waals surface area contributed by atoms with Crippen molar-refractivity contribution < 1.29 is 19.1 Å². The van der Waals surface area contributed by atoms with Crippen LogP contribution in [0.1, 0.15) is 12.5 Å². The van der Waals surface area contributed by atoms with Crippen molar-refractivity contribution in [2.75, 3.05) is 18.1 Å². The van der Waals surface area contributed by atoms with Crippen LogP contribution in [0, 0.1) is 0 Å². The van der Waals surface area contributed by atoms with E-state index in [0.29, 0.717) is 35.3 Å². The molecule has 0 aliphatic carbocycles. The van der Waals surface area contributed by atoms with E-state index in [0.717, 1.165) is 22.2 Å². The smallest absolute Gasteiger partial charge is 0.298 e. The lowest BCUT2D eigenvalue weighted by Crippen LogP contribution is -2.28. The molecule has 0 radical (unpaired) electrons. The first kappa shape index (κ1) is 18.8. The summed E-state index contributed by atoms with van der Waals surface area (Å²) >= 11 is 0.915. The fourth-order valence-corrected chi connectivity index (χ4v) is 3.40. The largest absolute Gasteiger partial charge is 0.492 e. The first-order valence-corrected chi connectivity index (χ1v) is 9.29. The second kappa shape index (κ2) is 8.60. The van der Waals surface area contributed by atoms with Gasteiger partial charge in [0.05, 0.1) is 17.2 Å². The van der Waals surface area contributed by atoms with Crippen molar-refractivity contribution in [1.82, 2.24) is 0 Å². The van der Waals surface area contributed by atoms with Gasteiger partial charge in [0.2, 0.25) is 0 Å². The van der Waals surface area contributed by atoms with Gasteiger partial charge in [-0.25, -0.2) is 4.90 Å². The van der Waals surface area contributed by atoms with E-state index in [1.807, 2.05) is 31.2 Å². The maximum atomic E-state index is 12.8. The minimum Gasteiger partial charge on any atom is -0.492 e. The summed E-state index contributed by atoms with van der Waals surface area (Å²) in [4.78, 5) is 26.8. The quantitative estimate of drug-likeness (QED) is 0.505. The molecular weight excluding hydrogens is 362 g/mol. The molecule has 0 spiro atoms. The average Bonchev–Trinajstić information content (AvgIpc) is 2.95. The van der Waals surface area contributed by atoms with Crippen molar-refractivity contribution >= 4 is 34.7 Å². The molecule has 3 rings (SSSR count). The summed E-state index contributed by atoms with van der Waals surface area (Å²) < 4.78 is 11.0. The van der Waals surface area contributed by atoms with Gasteiger partial charge in [0.15, 0.2) is 0 Å². The van der Waals surface area contributed by atoms with Crippen LogP contribution in [0.5, 0.6) is 11.5 Å². The normalized spacial score (nSPS) is 15.3. The number of hydrogen-bond donors (Lipinski definition) is 0. The highest BCUT2D eigenvalue weighted by atomic mass is 32.2. The summed E-state index contributed by atoms with van der Waals surface area (Å²) in [5, 5.41) is -0.343. The molecule has 27 heavy (non-hydrogen) atoms. The number of imide groups is 1. The highest BCUT2D eigenvalue weighted by molar-refractivity contribution is 8.19. The summed E-state index contributed by atoms with van der Waals surface area (Å²) in [6, 6.07) is 14.3. The summed E-state index contributed by atoms with van der Waals surface area (Å²) in [7, 11) is 0. The predicted molar refractivity (Wildman–Crippen MR) is 108 cm³/mol. The lowest BCUT2D eigenvalue weighted by Gasteiger charge is -2.16. The first-order chi connectivity index (χ1) is 13.1. The number of para-hydroxylation sites is 2. The number of carbonyl (C=O) groups is 2. The number of ether oxygens (including phenoxy) is 2.